The van der Waals surface area contributed by atoms with Crippen molar-refractivity contribution in [1.29, 1.82) is 0 Å². The topological polar surface area (TPSA) is 67.4 Å². The first kappa shape index (κ1) is 16.7. The van der Waals surface area contributed by atoms with Crippen molar-refractivity contribution in [2.45, 2.75) is 13.3 Å². The molecule has 0 spiro atoms. The molecule has 1 aromatic carbocycles. The van der Waals surface area contributed by atoms with Crippen LogP contribution in [0.1, 0.15) is 18.9 Å². The van der Waals surface area contributed by atoms with Crippen molar-refractivity contribution in [3.63, 3.8) is 0 Å². The van der Waals surface area contributed by atoms with Gasteiger partial charge in [-0.2, -0.15) is 0 Å². The number of halogens is 1. The number of hydrogen-bond acceptors (Lipinski definition) is 3. The first-order chi connectivity index (χ1) is 10.1. The van der Waals surface area contributed by atoms with E-state index in [0.29, 0.717) is 25.1 Å². The highest BCUT2D eigenvalue weighted by atomic mass is 19.1. The molecule has 0 saturated heterocycles. The van der Waals surface area contributed by atoms with Crippen LogP contribution in [0.15, 0.2) is 30.3 Å². The summed E-state index contributed by atoms with van der Waals surface area (Å²) in [5.41, 5.74) is 0.714. The molecule has 6 heteroatoms. The van der Waals surface area contributed by atoms with Crippen LogP contribution in [0.4, 0.5) is 9.18 Å². The molecule has 21 heavy (non-hydrogen) atoms. The highest BCUT2D eigenvalue weighted by molar-refractivity contribution is 5.87. The third-order valence-corrected chi connectivity index (χ3v) is 2.47. The Morgan fingerprint density at radius 1 is 1.24 bits per heavy atom. The molecule has 2 N–H and O–H groups in total. The average molecular weight is 294 g/mol. The van der Waals surface area contributed by atoms with Crippen LogP contribution >= 0.6 is 0 Å². The molecule has 1 aromatic rings. The molecule has 0 heterocycles. The van der Waals surface area contributed by atoms with Crippen LogP contribution in [0.2, 0.25) is 0 Å². The number of esters is 1. The number of nitrogens with one attached hydrogen (secondary N) is 2. The van der Waals surface area contributed by atoms with E-state index in [4.69, 9.17) is 4.74 Å². The predicted octanol–water partition coefficient (Wildman–Crippen LogP) is 2.09. The van der Waals surface area contributed by atoms with Crippen LogP contribution in [0.5, 0.6) is 0 Å². The molecule has 0 aliphatic rings. The number of hydrogen-bond donors (Lipinski definition) is 2. The van der Waals surface area contributed by atoms with Crippen LogP contribution in [-0.4, -0.2) is 31.7 Å². The maximum absolute atomic E-state index is 12.7. The van der Waals surface area contributed by atoms with Gasteiger partial charge in [0.05, 0.1) is 6.61 Å². The number of carbonyl (C=O) groups is 2. The third-order valence-electron chi connectivity index (χ3n) is 2.47. The molecule has 0 radical (unpaired) electrons. The summed E-state index contributed by atoms with van der Waals surface area (Å²) in [4.78, 5) is 22.5. The molecule has 2 amide bonds. The predicted molar refractivity (Wildman–Crippen MR) is 78.1 cm³/mol. The number of amides is 2. The van der Waals surface area contributed by atoms with Crippen molar-refractivity contribution in [2.75, 3.05) is 19.7 Å². The zero-order chi connectivity index (χ0) is 15.5. The zero-order valence-corrected chi connectivity index (χ0v) is 11.9. The molecule has 0 aliphatic heterocycles. The van der Waals surface area contributed by atoms with E-state index < -0.39 is 5.97 Å². The maximum Gasteiger partial charge on any atom is 0.330 e. The highest BCUT2D eigenvalue weighted by Crippen LogP contribution is 2.04. The second-order valence-corrected chi connectivity index (χ2v) is 4.19. The van der Waals surface area contributed by atoms with Gasteiger partial charge in [-0.15, -0.1) is 0 Å². The fourth-order valence-electron chi connectivity index (χ4n) is 1.46. The minimum Gasteiger partial charge on any atom is -0.462 e. The monoisotopic (exact) mass is 294 g/mol. The number of benzene rings is 1. The van der Waals surface area contributed by atoms with Crippen molar-refractivity contribution in [1.82, 2.24) is 10.6 Å². The lowest BCUT2D eigenvalue weighted by Crippen LogP contribution is -2.36. The first-order valence-corrected chi connectivity index (χ1v) is 6.74. The van der Waals surface area contributed by atoms with Gasteiger partial charge in [0.2, 0.25) is 0 Å². The molecule has 0 aliphatic carbocycles. The fraction of sp³-hybridized carbons (Fsp3) is 0.333. The van der Waals surface area contributed by atoms with Crippen molar-refractivity contribution in [3.05, 3.63) is 41.7 Å². The van der Waals surface area contributed by atoms with Gasteiger partial charge in [0, 0.05) is 19.2 Å². The number of carbonyl (C=O) groups excluding carboxylic acids is 2. The number of ether oxygens (including phenoxy) is 1. The Balaban J connectivity index is 2.16. The van der Waals surface area contributed by atoms with E-state index in [1.807, 2.05) is 6.92 Å². The number of rotatable bonds is 7. The third kappa shape index (κ3) is 7.71. The van der Waals surface area contributed by atoms with Crippen LogP contribution in [0.3, 0.4) is 0 Å². The Morgan fingerprint density at radius 3 is 2.62 bits per heavy atom. The summed E-state index contributed by atoms with van der Waals surface area (Å²) in [7, 11) is 0. The summed E-state index contributed by atoms with van der Waals surface area (Å²) in [6, 6.07) is 5.53. The lowest BCUT2D eigenvalue weighted by molar-refractivity contribution is -0.137. The van der Waals surface area contributed by atoms with Crippen LogP contribution < -0.4 is 10.6 Å². The van der Waals surface area contributed by atoms with E-state index in [1.165, 1.54) is 18.2 Å². The van der Waals surface area contributed by atoms with Gasteiger partial charge in [0.15, 0.2) is 0 Å². The quantitative estimate of drug-likeness (QED) is 0.460. The zero-order valence-electron chi connectivity index (χ0n) is 11.9. The summed E-state index contributed by atoms with van der Waals surface area (Å²) >= 11 is 0. The van der Waals surface area contributed by atoms with E-state index in [2.05, 4.69) is 10.6 Å². The Kier molecular flexibility index (Phi) is 7.56. The Hall–Kier alpha value is -2.37. The smallest absolute Gasteiger partial charge is 0.330 e. The van der Waals surface area contributed by atoms with E-state index in [9.17, 15) is 14.0 Å². The summed E-state index contributed by atoms with van der Waals surface area (Å²) in [6.45, 7) is 3.05. The van der Waals surface area contributed by atoms with E-state index in [-0.39, 0.29) is 18.5 Å². The maximum atomic E-state index is 12.7. The first-order valence-electron chi connectivity index (χ1n) is 6.74. The minimum absolute atomic E-state index is 0.221. The highest BCUT2D eigenvalue weighted by Gasteiger charge is 1.99. The number of urea groups is 1. The van der Waals surface area contributed by atoms with Gasteiger partial charge in [0.25, 0.3) is 0 Å². The lowest BCUT2D eigenvalue weighted by Gasteiger charge is -2.05. The molecule has 0 atom stereocenters. The minimum atomic E-state index is -0.475. The summed E-state index contributed by atoms with van der Waals surface area (Å²) < 4.78 is 17.6. The molecule has 0 fully saturated rings. The molecular weight excluding hydrogens is 275 g/mol. The lowest BCUT2D eigenvalue weighted by atomic mass is 10.2. The molecular formula is C15H19FN2O3. The SMILES string of the molecule is CCNC(=O)NCCCOC(=O)/C=C/c1ccc(F)cc1. The standard InChI is InChI=1S/C15H19FN2O3/c1-2-17-15(20)18-10-3-11-21-14(19)9-6-12-4-7-13(16)8-5-12/h4-9H,2-3,10-11H2,1H3,(H2,17,18,20)/b9-6+. The van der Waals surface area contributed by atoms with Gasteiger partial charge < -0.3 is 15.4 Å². The van der Waals surface area contributed by atoms with Gasteiger partial charge in [-0.05, 0) is 37.1 Å². The normalized spacial score (nSPS) is 10.4. The molecule has 0 saturated carbocycles. The van der Waals surface area contributed by atoms with Gasteiger partial charge >= 0.3 is 12.0 Å². The molecule has 1 rings (SSSR count). The summed E-state index contributed by atoms with van der Waals surface area (Å²) in [5, 5.41) is 5.22. The van der Waals surface area contributed by atoms with Gasteiger partial charge in [0.1, 0.15) is 5.82 Å². The fourth-order valence-corrected chi connectivity index (χ4v) is 1.46. The molecule has 0 aromatic heterocycles. The van der Waals surface area contributed by atoms with Crippen LogP contribution in [0, 0.1) is 5.82 Å². The van der Waals surface area contributed by atoms with Gasteiger partial charge in [-0.25, -0.2) is 14.0 Å². The largest absolute Gasteiger partial charge is 0.462 e. The summed E-state index contributed by atoms with van der Waals surface area (Å²) in [5.74, 6) is -0.799. The second kappa shape index (κ2) is 9.52. The second-order valence-electron chi connectivity index (χ2n) is 4.19. The van der Waals surface area contributed by atoms with Crippen molar-refractivity contribution in [3.8, 4) is 0 Å². The van der Waals surface area contributed by atoms with Crippen molar-refractivity contribution >= 4 is 18.1 Å². The van der Waals surface area contributed by atoms with Crippen molar-refractivity contribution in [2.24, 2.45) is 0 Å². The Morgan fingerprint density at radius 2 is 1.95 bits per heavy atom. The molecule has 114 valence electrons. The Bertz CT molecular complexity index is 486. The van der Waals surface area contributed by atoms with Gasteiger partial charge in [-0.3, -0.25) is 0 Å². The molecule has 0 bridgehead atoms. The average Bonchev–Trinajstić information content (AvgIpc) is 2.46. The Labute approximate surface area is 123 Å². The molecule has 5 nitrogen and oxygen atoms in total. The molecule has 0 unspecified atom stereocenters. The van der Waals surface area contributed by atoms with Crippen LogP contribution in [-0.2, 0) is 9.53 Å². The van der Waals surface area contributed by atoms with Crippen molar-refractivity contribution < 1.29 is 18.7 Å². The van der Waals surface area contributed by atoms with Crippen LogP contribution in [0.25, 0.3) is 6.08 Å². The van der Waals surface area contributed by atoms with E-state index >= 15 is 0 Å². The van der Waals surface area contributed by atoms with E-state index in [1.54, 1.807) is 18.2 Å². The van der Waals surface area contributed by atoms with E-state index in [0.717, 1.165) is 0 Å². The van der Waals surface area contributed by atoms with Gasteiger partial charge in [-0.1, -0.05) is 12.1 Å². The summed E-state index contributed by atoms with van der Waals surface area (Å²) in [6.07, 6.45) is 3.37.